The number of ether oxygens (including phenoxy) is 1. The van der Waals surface area contributed by atoms with Crippen molar-refractivity contribution in [2.45, 2.75) is 39.2 Å². The Morgan fingerprint density at radius 3 is 1.88 bits per heavy atom. The lowest BCUT2D eigenvalue weighted by Gasteiger charge is -2.19. The number of ketones is 1. The van der Waals surface area contributed by atoms with Gasteiger partial charge in [0.05, 0.1) is 0 Å². The lowest BCUT2D eigenvalue weighted by Crippen LogP contribution is -2.24. The summed E-state index contributed by atoms with van der Waals surface area (Å²) in [5, 5.41) is 0. The average molecular weight is 325 g/mol. The highest BCUT2D eigenvalue weighted by atomic mass is 16.5. The van der Waals surface area contributed by atoms with E-state index < -0.39 is 12.0 Å². The van der Waals surface area contributed by atoms with Gasteiger partial charge in [0.2, 0.25) is 11.7 Å². The fraction of sp³-hybridized carbons (Fsp3) is 0.300. The Labute approximate surface area is 142 Å². The number of amides is 1. The van der Waals surface area contributed by atoms with Crippen LogP contribution < -0.4 is 10.5 Å². The zero-order valence-electron chi connectivity index (χ0n) is 14.5. The quantitative estimate of drug-likeness (QED) is 0.852. The monoisotopic (exact) mass is 325 g/mol. The highest BCUT2D eigenvalue weighted by molar-refractivity contribution is 5.99. The molecule has 4 nitrogen and oxygen atoms in total. The molecule has 0 radical (unpaired) electrons. The molecular weight excluding hydrogens is 302 g/mol. The maximum absolute atomic E-state index is 12.5. The summed E-state index contributed by atoms with van der Waals surface area (Å²) in [6.45, 7) is 8.10. The van der Waals surface area contributed by atoms with Gasteiger partial charge in [-0.25, -0.2) is 0 Å². The Hall–Kier alpha value is -2.62. The third kappa shape index (κ3) is 4.22. The van der Waals surface area contributed by atoms with E-state index in [1.165, 1.54) is 5.56 Å². The first-order valence-electron chi connectivity index (χ1n) is 7.90. The maximum atomic E-state index is 12.5. The van der Waals surface area contributed by atoms with Gasteiger partial charge in [0.15, 0.2) is 6.10 Å². The molecule has 2 aromatic carbocycles. The molecule has 0 saturated heterocycles. The van der Waals surface area contributed by atoms with E-state index in [0.717, 1.165) is 0 Å². The zero-order chi connectivity index (χ0) is 17.9. The van der Waals surface area contributed by atoms with Crippen LogP contribution in [0.4, 0.5) is 0 Å². The second kappa shape index (κ2) is 6.87. The van der Waals surface area contributed by atoms with Gasteiger partial charge < -0.3 is 10.5 Å². The van der Waals surface area contributed by atoms with Crippen LogP contribution in [0.5, 0.6) is 5.75 Å². The SMILES string of the molecule is C[C@H](Oc1ccc(C(N)=O)cc1)C(=O)c1ccc(C(C)(C)C)cc1. The van der Waals surface area contributed by atoms with Crippen molar-refractivity contribution in [1.82, 2.24) is 0 Å². The first-order chi connectivity index (χ1) is 11.2. The molecule has 0 heterocycles. The molecule has 2 rings (SSSR count). The molecule has 0 bridgehead atoms. The van der Waals surface area contributed by atoms with E-state index in [-0.39, 0.29) is 11.2 Å². The fourth-order valence-corrected chi connectivity index (χ4v) is 2.32. The smallest absolute Gasteiger partial charge is 0.248 e. The van der Waals surface area contributed by atoms with Crippen LogP contribution >= 0.6 is 0 Å². The molecule has 2 aromatic rings. The van der Waals surface area contributed by atoms with Crippen LogP contribution in [0.2, 0.25) is 0 Å². The second-order valence-electron chi connectivity index (χ2n) is 6.84. The molecule has 1 amide bonds. The van der Waals surface area contributed by atoms with Gasteiger partial charge in [-0.05, 0) is 42.2 Å². The van der Waals surface area contributed by atoms with Crippen molar-refractivity contribution in [3.05, 3.63) is 65.2 Å². The molecule has 24 heavy (non-hydrogen) atoms. The lowest BCUT2D eigenvalue weighted by molar-refractivity contribution is 0.0817. The molecule has 0 fully saturated rings. The van der Waals surface area contributed by atoms with E-state index >= 15 is 0 Å². The highest BCUT2D eigenvalue weighted by Crippen LogP contribution is 2.23. The summed E-state index contributed by atoms with van der Waals surface area (Å²) < 4.78 is 5.66. The van der Waals surface area contributed by atoms with E-state index in [1.54, 1.807) is 31.2 Å². The molecule has 0 aliphatic rings. The zero-order valence-corrected chi connectivity index (χ0v) is 14.5. The standard InChI is InChI=1S/C20H23NO3/c1-13(24-17-11-7-15(8-12-17)19(21)23)18(22)14-5-9-16(10-6-14)20(2,3)4/h5-13H,1-4H3,(H2,21,23)/t13-/m0/s1. The van der Waals surface area contributed by atoms with Gasteiger partial charge in [0, 0.05) is 11.1 Å². The lowest BCUT2D eigenvalue weighted by atomic mass is 9.86. The molecule has 0 aliphatic heterocycles. The Balaban J connectivity index is 2.07. The highest BCUT2D eigenvalue weighted by Gasteiger charge is 2.19. The predicted octanol–water partition coefficient (Wildman–Crippen LogP) is 3.73. The van der Waals surface area contributed by atoms with Gasteiger partial charge in [-0.2, -0.15) is 0 Å². The maximum Gasteiger partial charge on any atom is 0.248 e. The van der Waals surface area contributed by atoms with Gasteiger partial charge in [-0.1, -0.05) is 45.0 Å². The van der Waals surface area contributed by atoms with Crippen molar-refractivity contribution in [1.29, 1.82) is 0 Å². The Bertz CT molecular complexity index is 725. The number of benzene rings is 2. The molecular formula is C20H23NO3. The topological polar surface area (TPSA) is 69.4 Å². The minimum Gasteiger partial charge on any atom is -0.483 e. The van der Waals surface area contributed by atoms with Gasteiger partial charge >= 0.3 is 0 Å². The third-order valence-electron chi connectivity index (χ3n) is 3.86. The van der Waals surface area contributed by atoms with E-state index in [4.69, 9.17) is 10.5 Å². The van der Waals surface area contributed by atoms with E-state index in [1.807, 2.05) is 24.3 Å². The van der Waals surface area contributed by atoms with E-state index in [0.29, 0.717) is 16.9 Å². The summed E-state index contributed by atoms with van der Waals surface area (Å²) in [5.74, 6) is -0.0637. The molecule has 4 heteroatoms. The molecule has 2 N–H and O–H groups in total. The Morgan fingerprint density at radius 2 is 1.42 bits per heavy atom. The van der Waals surface area contributed by atoms with Crippen LogP contribution in [0.3, 0.4) is 0 Å². The molecule has 0 aromatic heterocycles. The van der Waals surface area contributed by atoms with Crippen LogP contribution in [-0.4, -0.2) is 17.8 Å². The van der Waals surface area contributed by atoms with Gasteiger partial charge in [0.25, 0.3) is 0 Å². The van der Waals surface area contributed by atoms with Gasteiger partial charge in [-0.3, -0.25) is 9.59 Å². The molecule has 126 valence electrons. The largest absolute Gasteiger partial charge is 0.483 e. The van der Waals surface area contributed by atoms with Gasteiger partial charge in [-0.15, -0.1) is 0 Å². The Morgan fingerprint density at radius 1 is 0.917 bits per heavy atom. The van der Waals surface area contributed by atoms with Crippen LogP contribution in [0.1, 0.15) is 54.0 Å². The number of carbonyl (C=O) groups is 2. The van der Waals surface area contributed by atoms with Gasteiger partial charge in [0.1, 0.15) is 5.75 Å². The minimum atomic E-state index is -0.620. The van der Waals surface area contributed by atoms with E-state index in [9.17, 15) is 9.59 Å². The number of Topliss-reactive ketones (excluding diaryl/α,β-unsaturated/α-hetero) is 1. The van der Waals surface area contributed by atoms with Crippen LogP contribution in [0.15, 0.2) is 48.5 Å². The summed E-state index contributed by atoms with van der Waals surface area (Å²) >= 11 is 0. The van der Waals surface area contributed by atoms with E-state index in [2.05, 4.69) is 20.8 Å². The summed E-state index contributed by atoms with van der Waals surface area (Å²) in [4.78, 5) is 23.5. The predicted molar refractivity (Wildman–Crippen MR) is 94.5 cm³/mol. The number of carbonyl (C=O) groups excluding carboxylic acids is 2. The summed E-state index contributed by atoms with van der Waals surface area (Å²) in [5.41, 5.74) is 7.44. The number of rotatable bonds is 5. The van der Waals surface area contributed by atoms with Crippen molar-refractivity contribution in [2.24, 2.45) is 5.73 Å². The van der Waals surface area contributed by atoms with Crippen molar-refractivity contribution in [3.63, 3.8) is 0 Å². The normalized spacial score (nSPS) is 12.5. The van der Waals surface area contributed by atoms with Crippen molar-refractivity contribution in [2.75, 3.05) is 0 Å². The van der Waals surface area contributed by atoms with Crippen molar-refractivity contribution < 1.29 is 14.3 Å². The fourth-order valence-electron chi connectivity index (χ4n) is 2.32. The molecule has 0 saturated carbocycles. The number of hydrogen-bond donors (Lipinski definition) is 1. The van der Waals surface area contributed by atoms with Crippen LogP contribution in [0, 0.1) is 0 Å². The number of primary amides is 1. The number of hydrogen-bond acceptors (Lipinski definition) is 3. The summed E-state index contributed by atoms with van der Waals surface area (Å²) in [6.07, 6.45) is -0.620. The second-order valence-corrected chi connectivity index (χ2v) is 6.84. The van der Waals surface area contributed by atoms with Crippen molar-refractivity contribution in [3.8, 4) is 5.75 Å². The van der Waals surface area contributed by atoms with Crippen LogP contribution in [0.25, 0.3) is 0 Å². The average Bonchev–Trinajstić information content (AvgIpc) is 2.54. The first kappa shape index (κ1) is 17.7. The molecule has 1 atom stereocenters. The third-order valence-corrected chi connectivity index (χ3v) is 3.86. The van der Waals surface area contributed by atoms with Crippen LogP contribution in [-0.2, 0) is 5.41 Å². The molecule has 0 aliphatic carbocycles. The Kier molecular flexibility index (Phi) is 5.07. The number of nitrogens with two attached hydrogens (primary N) is 1. The summed E-state index contributed by atoms with van der Waals surface area (Å²) in [7, 11) is 0. The van der Waals surface area contributed by atoms with Crippen molar-refractivity contribution >= 4 is 11.7 Å². The minimum absolute atomic E-state index is 0.0475. The first-order valence-corrected chi connectivity index (χ1v) is 7.90. The molecule has 0 unspecified atom stereocenters. The summed E-state index contributed by atoms with van der Waals surface area (Å²) in [6, 6.07) is 14.0. The molecule has 0 spiro atoms.